The highest BCUT2D eigenvalue weighted by Crippen LogP contribution is 2.90. The van der Waals surface area contributed by atoms with Gasteiger partial charge in [0, 0.05) is 62.7 Å². The molecule has 2 spiro atoms. The van der Waals surface area contributed by atoms with E-state index in [4.69, 9.17) is 47.0 Å². The largest absolute Gasteiger partial charge is 0.472 e. The van der Waals surface area contributed by atoms with Gasteiger partial charge in [-0.05, 0) is 18.4 Å². The number of methoxy groups -OCH3 is 2. The number of carbonyl (C=O) groups excluding carboxylic acids is 7. The summed E-state index contributed by atoms with van der Waals surface area (Å²) in [4.78, 5) is 97.5. The van der Waals surface area contributed by atoms with Gasteiger partial charge in [-0.3, -0.25) is 33.6 Å². The molecular weight excluding hydrogens is 752 g/mol. The van der Waals surface area contributed by atoms with Gasteiger partial charge in [-0.1, -0.05) is 34.6 Å². The predicted octanol–water partition coefficient (Wildman–Crippen LogP) is 3.37. The van der Waals surface area contributed by atoms with Crippen molar-refractivity contribution in [2.75, 3.05) is 14.2 Å². The molecule has 0 radical (unpaired) electrons. The second-order valence-electron chi connectivity index (χ2n) is 17.5. The van der Waals surface area contributed by atoms with Gasteiger partial charge in [0.25, 0.3) is 5.97 Å². The Balaban J connectivity index is 1.72. The highest BCUT2D eigenvalue weighted by atomic mass is 16.9. The van der Waals surface area contributed by atoms with Crippen LogP contribution in [0.1, 0.15) is 98.4 Å². The zero-order valence-electron chi connectivity index (χ0n) is 34.0. The van der Waals surface area contributed by atoms with Gasteiger partial charge >= 0.3 is 35.8 Å². The summed E-state index contributed by atoms with van der Waals surface area (Å²) in [6.07, 6.45) is -3.75. The molecule has 17 heteroatoms. The van der Waals surface area contributed by atoms with Crippen molar-refractivity contribution in [1.29, 1.82) is 0 Å². The molecule has 4 bridgehead atoms. The summed E-state index contributed by atoms with van der Waals surface area (Å²) in [5.74, 6) is -10.8. The van der Waals surface area contributed by atoms with Crippen molar-refractivity contribution in [3.8, 4) is 0 Å². The maximum Gasteiger partial charge on any atom is 0.308 e. The molecule has 13 atom stereocenters. The first-order valence-corrected chi connectivity index (χ1v) is 19.0. The lowest BCUT2D eigenvalue weighted by molar-refractivity contribution is -0.485. The van der Waals surface area contributed by atoms with Crippen molar-refractivity contribution in [3.05, 3.63) is 24.2 Å². The summed E-state index contributed by atoms with van der Waals surface area (Å²) in [5, 5.41) is 0. The zero-order chi connectivity index (χ0) is 42.1. The van der Waals surface area contributed by atoms with Gasteiger partial charge in [0.2, 0.25) is 5.60 Å². The predicted molar refractivity (Wildman–Crippen MR) is 187 cm³/mol. The van der Waals surface area contributed by atoms with Crippen LogP contribution in [-0.2, 0) is 71.4 Å². The monoisotopic (exact) mass is 802 g/mol. The molecule has 2 aliphatic heterocycles. The summed E-state index contributed by atoms with van der Waals surface area (Å²) in [6, 6.07) is 1.43. The Morgan fingerprint density at radius 3 is 1.93 bits per heavy atom. The van der Waals surface area contributed by atoms with Crippen LogP contribution in [0, 0.1) is 34.0 Å². The molecule has 1 aromatic rings. The Morgan fingerprint density at radius 1 is 0.789 bits per heavy atom. The molecule has 312 valence electrons. The third-order valence-corrected chi connectivity index (χ3v) is 14.2. The number of hydrogen-bond acceptors (Lipinski definition) is 17. The van der Waals surface area contributed by atoms with E-state index in [0.29, 0.717) is 0 Å². The van der Waals surface area contributed by atoms with Crippen LogP contribution in [0.2, 0.25) is 0 Å². The highest BCUT2D eigenvalue weighted by Gasteiger charge is 3.06. The lowest BCUT2D eigenvalue weighted by Gasteiger charge is -2.77. The maximum absolute atomic E-state index is 15.1. The van der Waals surface area contributed by atoms with Gasteiger partial charge in [-0.15, -0.1) is 0 Å². The van der Waals surface area contributed by atoms with Crippen LogP contribution in [0.3, 0.4) is 0 Å². The van der Waals surface area contributed by atoms with Crippen molar-refractivity contribution in [2.24, 2.45) is 34.0 Å². The number of rotatable bonds is 11. The fourth-order valence-corrected chi connectivity index (χ4v) is 12.8. The van der Waals surface area contributed by atoms with Crippen LogP contribution in [0.5, 0.6) is 0 Å². The minimum atomic E-state index is -2.38. The third kappa shape index (κ3) is 4.70. The number of carbonyl (C=O) groups is 7. The SMILES string of the molecule is COC(=O)C[C@H]1[C@@]2(C)C[C@]34O[C@]5(C)O[C@@]6([C@H](OC(=O)C(C)C)[C@@]3(OC(C)=O)[C@H]2OC(C)=O)[C@H](CC(=O)OC)[C@](C)(C(=O)c2ccoc2)C[C@@H](OC(C)=O)[C@]6(O5)[C@]14C. The lowest BCUT2D eigenvalue weighted by Crippen LogP contribution is -2.96. The molecule has 7 rings (SSSR count). The number of fused-ring (bicyclic) bond motifs is 2. The van der Waals surface area contributed by atoms with Crippen LogP contribution in [0.25, 0.3) is 0 Å². The molecule has 6 fully saturated rings. The Morgan fingerprint density at radius 2 is 1.40 bits per heavy atom. The van der Waals surface area contributed by atoms with Gasteiger partial charge in [0.15, 0.2) is 29.2 Å². The fraction of sp³-hybridized carbons (Fsp3) is 0.725. The molecule has 57 heavy (non-hydrogen) atoms. The number of ketones is 1. The molecule has 0 aromatic carbocycles. The van der Waals surface area contributed by atoms with Gasteiger partial charge < -0.3 is 47.0 Å². The van der Waals surface area contributed by atoms with Gasteiger partial charge in [0.1, 0.15) is 18.0 Å². The Bertz CT molecular complexity index is 1940. The molecule has 6 aliphatic rings. The summed E-state index contributed by atoms with van der Waals surface area (Å²) in [7, 11) is 2.37. The van der Waals surface area contributed by atoms with E-state index in [1.54, 1.807) is 34.6 Å². The van der Waals surface area contributed by atoms with Crippen LogP contribution >= 0.6 is 0 Å². The highest BCUT2D eigenvalue weighted by molar-refractivity contribution is 6.01. The fourth-order valence-electron chi connectivity index (χ4n) is 12.8. The number of furan rings is 1. The Labute approximate surface area is 328 Å². The average Bonchev–Trinajstić information content (AvgIpc) is 3.82. The van der Waals surface area contributed by atoms with E-state index in [9.17, 15) is 28.8 Å². The van der Waals surface area contributed by atoms with Crippen molar-refractivity contribution >= 4 is 41.6 Å². The molecule has 2 saturated heterocycles. The second kappa shape index (κ2) is 12.6. The van der Waals surface area contributed by atoms with Crippen LogP contribution < -0.4 is 0 Å². The van der Waals surface area contributed by atoms with Crippen LogP contribution in [-0.4, -0.2) is 103 Å². The van der Waals surface area contributed by atoms with Crippen LogP contribution in [0.15, 0.2) is 23.0 Å². The smallest absolute Gasteiger partial charge is 0.308 e. The zero-order valence-corrected chi connectivity index (χ0v) is 34.0. The minimum absolute atomic E-state index is 0.0888. The first-order chi connectivity index (χ1) is 26.5. The summed E-state index contributed by atoms with van der Waals surface area (Å²) in [6.45, 7) is 13.1. The van der Waals surface area contributed by atoms with E-state index < -0.39 is 129 Å². The molecule has 1 aromatic heterocycles. The number of ether oxygens (including phenoxy) is 9. The summed E-state index contributed by atoms with van der Waals surface area (Å²) >= 11 is 0. The topological polar surface area (TPSA) is 216 Å². The first-order valence-electron chi connectivity index (χ1n) is 19.0. The minimum Gasteiger partial charge on any atom is -0.472 e. The molecule has 4 saturated carbocycles. The van der Waals surface area contributed by atoms with Gasteiger partial charge in [-0.25, -0.2) is 0 Å². The van der Waals surface area contributed by atoms with Gasteiger partial charge in [-0.2, -0.15) is 0 Å². The van der Waals surface area contributed by atoms with Crippen molar-refractivity contribution in [3.63, 3.8) is 0 Å². The van der Waals surface area contributed by atoms with E-state index in [1.807, 2.05) is 0 Å². The Hall–Kier alpha value is -4.35. The van der Waals surface area contributed by atoms with E-state index in [0.717, 1.165) is 21.0 Å². The number of esters is 6. The average molecular weight is 803 g/mol. The van der Waals surface area contributed by atoms with Crippen LogP contribution in [0.4, 0.5) is 0 Å². The van der Waals surface area contributed by atoms with Crippen molar-refractivity contribution < 1.29 is 80.6 Å². The van der Waals surface area contributed by atoms with E-state index in [1.165, 1.54) is 39.5 Å². The second-order valence-corrected chi connectivity index (χ2v) is 17.5. The molecule has 3 heterocycles. The van der Waals surface area contributed by atoms with E-state index in [-0.39, 0.29) is 24.8 Å². The quantitative estimate of drug-likeness (QED) is 0.178. The molecule has 4 aliphatic carbocycles. The van der Waals surface area contributed by atoms with Crippen molar-refractivity contribution in [1.82, 2.24) is 0 Å². The van der Waals surface area contributed by atoms with Gasteiger partial charge in [0.05, 0.1) is 38.4 Å². The maximum atomic E-state index is 15.1. The molecule has 17 nitrogen and oxygen atoms in total. The molecular formula is C40H50O17. The van der Waals surface area contributed by atoms with E-state index >= 15 is 4.79 Å². The summed E-state index contributed by atoms with van der Waals surface area (Å²) in [5.41, 5.74) is -13.5. The van der Waals surface area contributed by atoms with E-state index in [2.05, 4.69) is 0 Å². The summed E-state index contributed by atoms with van der Waals surface area (Å²) < 4.78 is 63.1. The standard InChI is InChI=1S/C40H50O17/c1-19(2)30(47)53-32-38-25(15-28(45)49-11)33(6,29(46)23-12-13-50-17-23)16-26(51-20(3)41)40(38)35(8)24(14-27(44)48-10)34(7)18-37(35,55-36(9,56-38)57-40)39(32,54-22(5)43)31(34)52-21(4)42/h12-13,17,19,24-26,31-32H,14-16,18H2,1-11H3/t24-,25+,26+,31-,32-,33+,34+,35+,36+,37+,38+,39-,40-/m0/s1. The first kappa shape index (κ1) is 40.8. The van der Waals surface area contributed by atoms with Crippen molar-refractivity contribution in [2.45, 2.75) is 135 Å². The normalized spacial score (nSPS) is 44.2. The lowest BCUT2D eigenvalue weighted by atomic mass is 9.33. The molecule has 0 unspecified atom stereocenters. The molecule has 0 amide bonds. The number of Topliss-reactive ketones (excluding diaryl/α,β-unsaturated/α-hetero) is 1. The third-order valence-electron chi connectivity index (χ3n) is 14.2. The molecule has 0 N–H and O–H groups in total. The number of hydrogen-bond donors (Lipinski definition) is 0. The Kier molecular flexibility index (Phi) is 9.01.